The number of likely N-dealkylation sites (N-methyl/N-ethyl adjacent to an activating group) is 1. The van der Waals surface area contributed by atoms with E-state index in [4.69, 9.17) is 11.6 Å². The van der Waals surface area contributed by atoms with Crippen molar-refractivity contribution in [2.45, 2.75) is 25.6 Å². The third-order valence-electron chi connectivity index (χ3n) is 5.75. The number of nitrogens with one attached hydrogen (secondary N) is 2. The van der Waals surface area contributed by atoms with Gasteiger partial charge < -0.3 is 15.5 Å². The second-order valence-electron chi connectivity index (χ2n) is 8.41. The first kappa shape index (κ1) is 25.1. The van der Waals surface area contributed by atoms with Gasteiger partial charge in [0.25, 0.3) is 5.91 Å². The van der Waals surface area contributed by atoms with Crippen LogP contribution in [0.15, 0.2) is 77.8 Å². The van der Waals surface area contributed by atoms with Crippen LogP contribution in [0, 0.1) is 5.82 Å². The van der Waals surface area contributed by atoms with Crippen molar-refractivity contribution in [3.63, 3.8) is 0 Å². The molecule has 0 aromatic heterocycles. The molecule has 0 radical (unpaired) electrons. The van der Waals surface area contributed by atoms with Gasteiger partial charge in [0.05, 0.1) is 17.8 Å². The van der Waals surface area contributed by atoms with Gasteiger partial charge in [-0.05, 0) is 42.8 Å². The smallest absolute Gasteiger partial charge is 0.272 e. The molecule has 3 amide bonds. The number of amides is 3. The molecule has 2 atom stereocenters. The van der Waals surface area contributed by atoms with Gasteiger partial charge in [-0.3, -0.25) is 14.4 Å². The van der Waals surface area contributed by atoms with Crippen molar-refractivity contribution >= 4 is 40.7 Å². The molecule has 0 aliphatic carbocycles. The quantitative estimate of drug-likeness (QED) is 0.536. The van der Waals surface area contributed by atoms with E-state index < -0.39 is 35.7 Å². The van der Waals surface area contributed by atoms with Gasteiger partial charge in [0.2, 0.25) is 18.0 Å². The summed E-state index contributed by atoms with van der Waals surface area (Å²) in [5, 5.41) is 5.70. The van der Waals surface area contributed by atoms with Gasteiger partial charge in [0.1, 0.15) is 11.9 Å². The van der Waals surface area contributed by atoms with Gasteiger partial charge in [0, 0.05) is 23.2 Å². The Hall–Kier alpha value is -4.04. The van der Waals surface area contributed by atoms with Crippen molar-refractivity contribution in [1.82, 2.24) is 10.6 Å². The van der Waals surface area contributed by atoms with Gasteiger partial charge in [-0.2, -0.15) is 0 Å². The highest BCUT2D eigenvalue weighted by Gasteiger charge is 2.32. The number of halogens is 2. The van der Waals surface area contributed by atoms with Crippen molar-refractivity contribution in [3.8, 4) is 0 Å². The molecule has 7 nitrogen and oxygen atoms in total. The Kier molecular flexibility index (Phi) is 7.45. The first-order chi connectivity index (χ1) is 17.2. The molecule has 9 heteroatoms. The molecule has 1 unspecified atom stereocenters. The summed E-state index contributed by atoms with van der Waals surface area (Å²) < 4.78 is 13.4. The Morgan fingerprint density at radius 2 is 1.83 bits per heavy atom. The van der Waals surface area contributed by atoms with E-state index in [-0.39, 0.29) is 6.42 Å². The van der Waals surface area contributed by atoms with E-state index in [0.717, 1.165) is 5.56 Å². The summed E-state index contributed by atoms with van der Waals surface area (Å²) in [4.78, 5) is 44.6. The lowest BCUT2D eigenvalue weighted by atomic mass is 10.0. The number of hydrogen-bond acceptors (Lipinski definition) is 4. The summed E-state index contributed by atoms with van der Waals surface area (Å²) in [7, 11) is 1.60. The van der Waals surface area contributed by atoms with Crippen LogP contribution in [0.5, 0.6) is 0 Å². The van der Waals surface area contributed by atoms with Crippen LogP contribution in [0.25, 0.3) is 0 Å². The van der Waals surface area contributed by atoms with Gasteiger partial charge in [-0.25, -0.2) is 9.38 Å². The Balaban J connectivity index is 1.56. The van der Waals surface area contributed by atoms with Crippen LogP contribution in [0.4, 0.5) is 10.1 Å². The molecular weight excluding hydrogens is 483 g/mol. The number of nitrogens with zero attached hydrogens (tertiary/aromatic N) is 2. The number of carbonyl (C=O) groups excluding carboxylic acids is 3. The molecule has 1 aliphatic rings. The third kappa shape index (κ3) is 5.60. The van der Waals surface area contributed by atoms with Crippen LogP contribution in [0.2, 0.25) is 5.02 Å². The fraction of sp³-hybridized carbons (Fsp3) is 0.185. The normalized spacial score (nSPS) is 15.9. The molecule has 0 spiro atoms. The third-order valence-corrected chi connectivity index (χ3v) is 5.98. The number of benzene rings is 3. The molecule has 1 aliphatic heterocycles. The zero-order valence-electron chi connectivity index (χ0n) is 19.7. The SMILES string of the molecule is C[C@H](NC(=O)Cc1cccc(F)c1)C(=O)NC1N=C(c2ccccc2)c2cc(Cl)ccc2N(C)C1=O. The fourth-order valence-electron chi connectivity index (χ4n) is 3.92. The van der Waals surface area contributed by atoms with E-state index in [0.29, 0.717) is 27.5 Å². The summed E-state index contributed by atoms with van der Waals surface area (Å²) in [6, 6.07) is 19.1. The first-order valence-electron chi connectivity index (χ1n) is 11.3. The summed E-state index contributed by atoms with van der Waals surface area (Å²) >= 11 is 6.25. The summed E-state index contributed by atoms with van der Waals surface area (Å²) in [6.07, 6.45) is -1.32. The molecule has 0 bridgehead atoms. The average Bonchev–Trinajstić information content (AvgIpc) is 2.94. The zero-order valence-corrected chi connectivity index (χ0v) is 20.4. The van der Waals surface area contributed by atoms with Gasteiger partial charge in [0.15, 0.2) is 0 Å². The number of carbonyl (C=O) groups is 3. The molecule has 0 saturated carbocycles. The highest BCUT2D eigenvalue weighted by molar-refractivity contribution is 6.32. The highest BCUT2D eigenvalue weighted by atomic mass is 35.5. The monoisotopic (exact) mass is 506 g/mol. The standard InChI is InChI=1S/C27H24ClFN4O3/c1-16(30-23(34)14-17-7-6-10-20(29)13-17)26(35)32-25-27(36)33(2)22-12-11-19(28)15-21(22)24(31-25)18-8-4-3-5-9-18/h3-13,15-16,25H,14H2,1-2H3,(H,30,34)(H,32,35)/t16-,25?/m0/s1. The molecule has 4 rings (SSSR count). The predicted octanol–water partition coefficient (Wildman–Crippen LogP) is 3.48. The molecule has 184 valence electrons. The first-order valence-corrected chi connectivity index (χ1v) is 11.7. The van der Waals surface area contributed by atoms with Crippen molar-refractivity contribution in [2.75, 3.05) is 11.9 Å². The van der Waals surface area contributed by atoms with Crippen LogP contribution in [0.3, 0.4) is 0 Å². The topological polar surface area (TPSA) is 90.9 Å². The van der Waals surface area contributed by atoms with Crippen molar-refractivity contribution in [1.29, 1.82) is 0 Å². The molecule has 3 aromatic rings. The molecular formula is C27H24ClFN4O3. The van der Waals surface area contributed by atoms with E-state index in [1.165, 1.54) is 30.0 Å². The Labute approximate surface area is 213 Å². The van der Waals surface area contributed by atoms with Crippen LogP contribution < -0.4 is 15.5 Å². The zero-order chi connectivity index (χ0) is 25.8. The summed E-state index contributed by atoms with van der Waals surface area (Å²) in [6.45, 7) is 1.50. The van der Waals surface area contributed by atoms with Crippen molar-refractivity contribution in [2.24, 2.45) is 4.99 Å². The largest absolute Gasteiger partial charge is 0.344 e. The number of fused-ring (bicyclic) bond motifs is 1. The lowest BCUT2D eigenvalue weighted by Gasteiger charge is -2.22. The lowest BCUT2D eigenvalue weighted by molar-refractivity contribution is -0.130. The summed E-state index contributed by atoms with van der Waals surface area (Å²) in [5.41, 5.74) is 2.98. The minimum Gasteiger partial charge on any atom is -0.344 e. The maximum Gasteiger partial charge on any atom is 0.272 e. The summed E-state index contributed by atoms with van der Waals surface area (Å²) in [5.74, 6) is -1.94. The van der Waals surface area contributed by atoms with E-state index >= 15 is 0 Å². The predicted molar refractivity (Wildman–Crippen MR) is 137 cm³/mol. The van der Waals surface area contributed by atoms with E-state index in [9.17, 15) is 18.8 Å². The van der Waals surface area contributed by atoms with Gasteiger partial charge in [-0.15, -0.1) is 0 Å². The van der Waals surface area contributed by atoms with E-state index in [2.05, 4.69) is 15.6 Å². The van der Waals surface area contributed by atoms with Crippen LogP contribution in [0.1, 0.15) is 23.6 Å². The Bertz CT molecular complexity index is 1350. The number of aliphatic imine (C=N–C) groups is 1. The van der Waals surface area contributed by atoms with Gasteiger partial charge in [-0.1, -0.05) is 54.1 Å². The number of hydrogen-bond donors (Lipinski definition) is 2. The second-order valence-corrected chi connectivity index (χ2v) is 8.85. The molecule has 36 heavy (non-hydrogen) atoms. The fourth-order valence-corrected chi connectivity index (χ4v) is 4.09. The average molecular weight is 507 g/mol. The van der Waals surface area contributed by atoms with E-state index in [1.54, 1.807) is 31.3 Å². The molecule has 3 aromatic carbocycles. The van der Waals surface area contributed by atoms with Crippen molar-refractivity contribution < 1.29 is 18.8 Å². The van der Waals surface area contributed by atoms with Crippen LogP contribution >= 0.6 is 11.6 Å². The molecule has 2 N–H and O–H groups in total. The Morgan fingerprint density at radius 3 is 2.56 bits per heavy atom. The highest BCUT2D eigenvalue weighted by Crippen LogP contribution is 2.29. The molecule has 0 saturated heterocycles. The molecule has 1 heterocycles. The second kappa shape index (κ2) is 10.7. The minimum atomic E-state index is -1.23. The van der Waals surface area contributed by atoms with Crippen LogP contribution in [-0.2, 0) is 20.8 Å². The number of rotatable bonds is 6. The number of anilines is 1. The van der Waals surface area contributed by atoms with Gasteiger partial charge >= 0.3 is 0 Å². The van der Waals surface area contributed by atoms with Crippen LogP contribution in [-0.4, -0.2) is 42.7 Å². The number of benzodiazepines with no additional fused rings is 1. The van der Waals surface area contributed by atoms with E-state index in [1.807, 2.05) is 30.3 Å². The maximum absolute atomic E-state index is 13.4. The van der Waals surface area contributed by atoms with Crippen molar-refractivity contribution in [3.05, 3.63) is 100 Å². The minimum absolute atomic E-state index is 0.0904. The lowest BCUT2D eigenvalue weighted by Crippen LogP contribution is -2.52. The maximum atomic E-state index is 13.4. The molecule has 0 fully saturated rings. The Morgan fingerprint density at radius 1 is 1.08 bits per heavy atom.